The van der Waals surface area contributed by atoms with Crippen LogP contribution in [0.4, 0.5) is 11.4 Å². The maximum Gasteiger partial charge on any atom is 0.273 e. The van der Waals surface area contributed by atoms with Crippen LogP contribution < -0.4 is 14.4 Å². The number of ether oxygens (including phenoxy) is 1. The van der Waals surface area contributed by atoms with Gasteiger partial charge >= 0.3 is 0 Å². The SMILES string of the molecule is COc1ccc(N(CC(=O)N(Cc2c(Cl)cccc2Cl)C(C)C(=O)NC(C)(C)C)S(=O)(=O)c2ccc(C)c([N+](=O)[O-])c2)cc1. The molecule has 44 heavy (non-hydrogen) atoms. The van der Waals surface area contributed by atoms with E-state index >= 15 is 0 Å². The third-order valence-corrected chi connectivity index (χ3v) is 9.14. The monoisotopic (exact) mass is 664 g/mol. The Morgan fingerprint density at radius 1 is 1.05 bits per heavy atom. The minimum absolute atomic E-state index is 0.0879. The largest absolute Gasteiger partial charge is 0.497 e. The second kappa shape index (κ2) is 13.8. The number of aryl methyl sites for hydroxylation is 1. The average molecular weight is 666 g/mol. The number of hydrogen-bond acceptors (Lipinski definition) is 7. The zero-order valence-electron chi connectivity index (χ0n) is 25.1. The van der Waals surface area contributed by atoms with E-state index < -0.39 is 55.5 Å². The molecule has 0 aromatic heterocycles. The third-order valence-electron chi connectivity index (χ3n) is 6.66. The van der Waals surface area contributed by atoms with Gasteiger partial charge in [0.05, 0.1) is 22.6 Å². The van der Waals surface area contributed by atoms with Crippen LogP contribution in [-0.4, -0.2) is 55.3 Å². The zero-order valence-corrected chi connectivity index (χ0v) is 27.5. The Hall–Kier alpha value is -3.87. The Bertz CT molecular complexity index is 1640. The van der Waals surface area contributed by atoms with Gasteiger partial charge in [-0.05, 0) is 77.1 Å². The normalized spacial score (nSPS) is 12.3. The molecule has 0 heterocycles. The van der Waals surface area contributed by atoms with Crippen molar-refractivity contribution in [3.05, 3.63) is 92.0 Å². The summed E-state index contributed by atoms with van der Waals surface area (Å²) in [4.78, 5) is 39.1. The van der Waals surface area contributed by atoms with Crippen molar-refractivity contribution >= 4 is 56.4 Å². The summed E-state index contributed by atoms with van der Waals surface area (Å²) in [5.74, 6) is -0.800. The van der Waals surface area contributed by atoms with Crippen LogP contribution in [0.1, 0.15) is 38.8 Å². The molecule has 0 spiro atoms. The Balaban J connectivity index is 2.14. The lowest BCUT2D eigenvalue weighted by molar-refractivity contribution is -0.385. The maximum atomic E-state index is 14.1. The van der Waals surface area contributed by atoms with E-state index in [1.807, 2.05) is 0 Å². The van der Waals surface area contributed by atoms with Crippen LogP contribution in [0, 0.1) is 17.0 Å². The molecule has 0 aliphatic carbocycles. The van der Waals surface area contributed by atoms with Crippen molar-refractivity contribution in [3.63, 3.8) is 0 Å². The van der Waals surface area contributed by atoms with Gasteiger partial charge in [-0.15, -0.1) is 0 Å². The van der Waals surface area contributed by atoms with E-state index in [0.717, 1.165) is 10.4 Å². The molecular formula is C30H34Cl2N4O7S. The number of nitro groups is 1. The molecule has 0 fully saturated rings. The minimum Gasteiger partial charge on any atom is -0.497 e. The first kappa shape index (κ1) is 34.6. The number of benzene rings is 3. The lowest BCUT2D eigenvalue weighted by atomic mass is 10.1. The fourth-order valence-corrected chi connectivity index (χ4v) is 6.21. The van der Waals surface area contributed by atoms with Gasteiger partial charge < -0.3 is 15.0 Å². The van der Waals surface area contributed by atoms with E-state index in [1.165, 1.54) is 62.3 Å². The maximum absolute atomic E-state index is 14.1. The van der Waals surface area contributed by atoms with E-state index in [4.69, 9.17) is 27.9 Å². The van der Waals surface area contributed by atoms with Crippen molar-refractivity contribution in [2.45, 2.75) is 57.6 Å². The number of halogens is 2. The number of nitrogens with one attached hydrogen (secondary N) is 1. The van der Waals surface area contributed by atoms with Crippen molar-refractivity contribution < 1.29 is 27.7 Å². The summed E-state index contributed by atoms with van der Waals surface area (Å²) in [5, 5.41) is 15.0. The van der Waals surface area contributed by atoms with Crippen LogP contribution in [0.5, 0.6) is 5.75 Å². The fourth-order valence-electron chi connectivity index (χ4n) is 4.26. The molecule has 236 valence electrons. The number of carbonyl (C=O) groups is 2. The van der Waals surface area contributed by atoms with Crippen LogP contribution in [0.2, 0.25) is 10.0 Å². The molecule has 0 aliphatic rings. The smallest absolute Gasteiger partial charge is 0.273 e. The summed E-state index contributed by atoms with van der Waals surface area (Å²) in [7, 11) is -3.11. The van der Waals surface area contributed by atoms with Crippen LogP contribution >= 0.6 is 23.2 Å². The van der Waals surface area contributed by atoms with Gasteiger partial charge in [-0.1, -0.05) is 35.3 Å². The molecule has 14 heteroatoms. The first-order chi connectivity index (χ1) is 20.5. The van der Waals surface area contributed by atoms with E-state index in [0.29, 0.717) is 11.3 Å². The lowest BCUT2D eigenvalue weighted by Crippen LogP contribution is -2.54. The molecule has 0 saturated heterocycles. The molecule has 1 N–H and O–H groups in total. The Kier molecular flexibility index (Phi) is 10.9. The second-order valence-electron chi connectivity index (χ2n) is 11.1. The lowest BCUT2D eigenvalue weighted by Gasteiger charge is -2.33. The molecule has 1 unspecified atom stereocenters. The quantitative estimate of drug-likeness (QED) is 0.203. The predicted molar refractivity (Wildman–Crippen MR) is 170 cm³/mol. The number of hydrogen-bond donors (Lipinski definition) is 1. The number of amides is 2. The third kappa shape index (κ3) is 8.19. The first-order valence-electron chi connectivity index (χ1n) is 13.4. The van der Waals surface area contributed by atoms with Gasteiger partial charge in [0.2, 0.25) is 11.8 Å². The number of rotatable bonds is 11. The highest BCUT2D eigenvalue weighted by Gasteiger charge is 2.34. The van der Waals surface area contributed by atoms with Crippen LogP contribution in [0.15, 0.2) is 65.6 Å². The molecule has 0 radical (unpaired) electrons. The minimum atomic E-state index is -4.55. The van der Waals surface area contributed by atoms with Crippen molar-refractivity contribution in [1.29, 1.82) is 0 Å². The predicted octanol–water partition coefficient (Wildman–Crippen LogP) is 5.75. The van der Waals surface area contributed by atoms with Gasteiger partial charge in [0, 0.05) is 39.3 Å². The van der Waals surface area contributed by atoms with E-state index in [-0.39, 0.29) is 27.8 Å². The zero-order chi connectivity index (χ0) is 33.0. The molecular weight excluding hydrogens is 631 g/mol. The topological polar surface area (TPSA) is 139 Å². The summed E-state index contributed by atoms with van der Waals surface area (Å²) < 4.78 is 34.2. The number of sulfonamides is 1. The van der Waals surface area contributed by atoms with Crippen molar-refractivity contribution in [3.8, 4) is 5.75 Å². The Morgan fingerprint density at radius 3 is 2.16 bits per heavy atom. The summed E-state index contributed by atoms with van der Waals surface area (Å²) in [6, 6.07) is 13.2. The summed E-state index contributed by atoms with van der Waals surface area (Å²) in [6.07, 6.45) is 0. The molecule has 3 aromatic rings. The first-order valence-corrected chi connectivity index (χ1v) is 15.6. The molecule has 1 atom stereocenters. The van der Waals surface area contributed by atoms with E-state index in [9.17, 15) is 28.1 Å². The van der Waals surface area contributed by atoms with Crippen LogP contribution in [-0.2, 0) is 26.2 Å². The Labute approximate surface area is 266 Å². The van der Waals surface area contributed by atoms with E-state index in [1.54, 1.807) is 39.0 Å². The number of anilines is 1. The van der Waals surface area contributed by atoms with Gasteiger partial charge in [0.1, 0.15) is 18.3 Å². The highest BCUT2D eigenvalue weighted by atomic mass is 35.5. The summed E-state index contributed by atoms with van der Waals surface area (Å²) in [6.45, 7) is 7.39. The van der Waals surface area contributed by atoms with Crippen molar-refractivity contribution in [2.75, 3.05) is 18.0 Å². The van der Waals surface area contributed by atoms with Crippen LogP contribution in [0.25, 0.3) is 0 Å². The van der Waals surface area contributed by atoms with Gasteiger partial charge in [-0.25, -0.2) is 8.42 Å². The van der Waals surface area contributed by atoms with Crippen molar-refractivity contribution in [2.24, 2.45) is 0 Å². The second-order valence-corrected chi connectivity index (χ2v) is 13.7. The molecule has 11 nitrogen and oxygen atoms in total. The Morgan fingerprint density at radius 2 is 1.64 bits per heavy atom. The van der Waals surface area contributed by atoms with Gasteiger partial charge in [0.25, 0.3) is 15.7 Å². The average Bonchev–Trinajstić information content (AvgIpc) is 2.94. The number of carbonyl (C=O) groups excluding carboxylic acids is 2. The number of methoxy groups -OCH3 is 1. The highest BCUT2D eigenvalue weighted by Crippen LogP contribution is 2.31. The molecule has 0 saturated carbocycles. The molecule has 3 aromatic carbocycles. The molecule has 0 aliphatic heterocycles. The van der Waals surface area contributed by atoms with Gasteiger partial charge in [0.15, 0.2) is 0 Å². The highest BCUT2D eigenvalue weighted by molar-refractivity contribution is 7.92. The standard InChI is InChI=1S/C30H34Cl2N4O7S/c1-19-10-15-23(16-27(19)36(39)40)44(41,42)35(21-11-13-22(43-6)14-12-21)18-28(37)34(20(2)29(38)33-30(3,4)5)17-24-25(31)8-7-9-26(24)32/h7-16,20H,17-18H2,1-6H3,(H,33,38). The van der Waals surface area contributed by atoms with Gasteiger partial charge in [-0.3, -0.25) is 24.0 Å². The number of nitro benzene ring substituents is 1. The van der Waals surface area contributed by atoms with Crippen LogP contribution in [0.3, 0.4) is 0 Å². The summed E-state index contributed by atoms with van der Waals surface area (Å²) in [5.41, 5.74) is -0.296. The van der Waals surface area contributed by atoms with Crippen molar-refractivity contribution in [1.82, 2.24) is 10.2 Å². The van der Waals surface area contributed by atoms with E-state index in [2.05, 4.69) is 5.32 Å². The molecule has 2 amide bonds. The summed E-state index contributed by atoms with van der Waals surface area (Å²) >= 11 is 12.8. The molecule has 3 rings (SSSR count). The van der Waals surface area contributed by atoms with Gasteiger partial charge in [-0.2, -0.15) is 0 Å². The molecule has 0 bridgehead atoms. The fraction of sp³-hybridized carbons (Fsp3) is 0.333. The number of nitrogens with zero attached hydrogens (tertiary/aromatic N) is 3.